The van der Waals surface area contributed by atoms with E-state index in [1.807, 2.05) is 5.32 Å². The number of carbonyl (C=O) groups excluding carboxylic acids is 2. The standard InChI is InChI=1S/C29H24ClF6N5O4/c1-2-45-26-13(8-23(37)42)7-22(39-25(26)17-9-20(32)21(33)10-19(17)31)28(44,29(34,35)36)12-38-27(43)14-5-15-11-41(16-3-4-16)40-24(15)18(30)6-14/h5-7,9-11,16,44H,2-4,8,12H2,1H3,(H2,37,42)(H,38,43)/t28-/m0/s1. The smallest absolute Gasteiger partial charge is 0.424 e. The van der Waals surface area contributed by atoms with E-state index in [2.05, 4.69) is 10.1 Å². The summed E-state index contributed by atoms with van der Waals surface area (Å²) in [5.74, 6) is -7.12. The number of halogens is 7. The van der Waals surface area contributed by atoms with Gasteiger partial charge in [-0.3, -0.25) is 14.3 Å². The van der Waals surface area contributed by atoms with Gasteiger partial charge < -0.3 is 20.9 Å². The Morgan fingerprint density at radius 1 is 1.11 bits per heavy atom. The summed E-state index contributed by atoms with van der Waals surface area (Å²) in [5, 5.41) is 18.0. The number of nitrogens with one attached hydrogen (secondary N) is 1. The lowest BCUT2D eigenvalue weighted by Crippen LogP contribution is -2.51. The molecule has 1 aliphatic carbocycles. The Balaban J connectivity index is 1.58. The van der Waals surface area contributed by atoms with Crippen molar-refractivity contribution >= 4 is 34.3 Å². The normalized spacial score (nSPS) is 14.8. The molecule has 2 heterocycles. The number of pyridine rings is 1. The van der Waals surface area contributed by atoms with Crippen LogP contribution in [0.4, 0.5) is 26.3 Å². The molecule has 0 saturated heterocycles. The molecule has 9 nitrogen and oxygen atoms in total. The summed E-state index contributed by atoms with van der Waals surface area (Å²) in [6, 6.07) is 3.92. The van der Waals surface area contributed by atoms with Gasteiger partial charge in [0, 0.05) is 34.3 Å². The molecule has 2 aromatic heterocycles. The number of amides is 2. The minimum atomic E-state index is -5.53. The van der Waals surface area contributed by atoms with Gasteiger partial charge in [-0.25, -0.2) is 18.2 Å². The van der Waals surface area contributed by atoms with Crippen molar-refractivity contribution in [1.82, 2.24) is 20.1 Å². The molecule has 1 saturated carbocycles. The highest BCUT2D eigenvalue weighted by atomic mass is 35.5. The average molecular weight is 656 g/mol. The SMILES string of the molecule is CCOc1c(CC(N)=O)cc([C@@](O)(CNC(=O)c2cc(Cl)c3nn(C4CC4)cc3c2)C(F)(F)F)nc1-c1cc(F)c(F)cc1F. The zero-order chi connectivity index (χ0) is 32.8. The van der Waals surface area contributed by atoms with E-state index in [-0.39, 0.29) is 34.9 Å². The van der Waals surface area contributed by atoms with Crippen molar-refractivity contribution < 1.29 is 45.8 Å². The van der Waals surface area contributed by atoms with Crippen LogP contribution in [0.25, 0.3) is 22.2 Å². The van der Waals surface area contributed by atoms with E-state index < -0.39 is 76.7 Å². The van der Waals surface area contributed by atoms with Crippen LogP contribution >= 0.6 is 11.6 Å². The zero-order valence-electron chi connectivity index (χ0n) is 23.3. The van der Waals surface area contributed by atoms with Crippen LogP contribution < -0.4 is 15.8 Å². The number of nitrogens with zero attached hydrogens (tertiary/aromatic N) is 3. The van der Waals surface area contributed by atoms with Gasteiger partial charge in [0.15, 0.2) is 11.6 Å². The second-order valence-corrected chi connectivity index (χ2v) is 10.9. The highest BCUT2D eigenvalue weighted by Gasteiger charge is 2.57. The van der Waals surface area contributed by atoms with Crippen LogP contribution in [-0.4, -0.2) is 51.0 Å². The largest absolute Gasteiger partial charge is 0.491 e. The summed E-state index contributed by atoms with van der Waals surface area (Å²) < 4.78 is 93.6. The monoisotopic (exact) mass is 655 g/mol. The lowest BCUT2D eigenvalue weighted by atomic mass is 9.93. The molecular formula is C29H24ClF6N5O4. The minimum absolute atomic E-state index is 0.0746. The number of rotatable bonds is 10. The van der Waals surface area contributed by atoms with Crippen LogP contribution in [0.2, 0.25) is 5.02 Å². The summed E-state index contributed by atoms with van der Waals surface area (Å²) in [6.07, 6.45) is -2.80. The maximum absolute atomic E-state index is 14.9. The molecule has 4 N–H and O–H groups in total. The molecule has 0 aliphatic heterocycles. The van der Waals surface area contributed by atoms with E-state index in [1.165, 1.54) is 19.1 Å². The highest BCUT2D eigenvalue weighted by Crippen LogP contribution is 2.43. The first-order chi connectivity index (χ1) is 21.1. The van der Waals surface area contributed by atoms with Crippen molar-refractivity contribution in [3.8, 4) is 17.0 Å². The van der Waals surface area contributed by atoms with Gasteiger partial charge in [0.25, 0.3) is 5.91 Å². The molecule has 2 aromatic carbocycles. The third kappa shape index (κ3) is 6.27. The summed E-state index contributed by atoms with van der Waals surface area (Å²) in [7, 11) is 0. The lowest BCUT2D eigenvalue weighted by Gasteiger charge is -2.31. The first kappa shape index (κ1) is 32.0. The zero-order valence-corrected chi connectivity index (χ0v) is 24.1. The highest BCUT2D eigenvalue weighted by molar-refractivity contribution is 6.35. The Kier molecular flexibility index (Phi) is 8.44. The van der Waals surface area contributed by atoms with Crippen LogP contribution in [0, 0.1) is 17.5 Å². The molecule has 45 heavy (non-hydrogen) atoms. The van der Waals surface area contributed by atoms with Gasteiger partial charge in [-0.2, -0.15) is 18.3 Å². The van der Waals surface area contributed by atoms with Gasteiger partial charge in [0.2, 0.25) is 11.5 Å². The molecule has 238 valence electrons. The third-order valence-electron chi connectivity index (χ3n) is 7.13. The summed E-state index contributed by atoms with van der Waals surface area (Å²) in [5.41, 5.74) is -1.60. The van der Waals surface area contributed by atoms with Gasteiger partial charge in [0.05, 0.1) is 36.3 Å². The predicted octanol–water partition coefficient (Wildman–Crippen LogP) is 5.11. The van der Waals surface area contributed by atoms with Crippen molar-refractivity contribution in [2.24, 2.45) is 5.73 Å². The van der Waals surface area contributed by atoms with Crippen LogP contribution in [0.5, 0.6) is 5.75 Å². The van der Waals surface area contributed by atoms with Crippen molar-refractivity contribution in [1.29, 1.82) is 0 Å². The summed E-state index contributed by atoms with van der Waals surface area (Å²) >= 11 is 6.29. The fourth-order valence-electron chi connectivity index (χ4n) is 4.72. The van der Waals surface area contributed by atoms with Gasteiger partial charge in [-0.05, 0) is 44.0 Å². The summed E-state index contributed by atoms with van der Waals surface area (Å²) in [6.45, 7) is -0.227. The van der Waals surface area contributed by atoms with Crippen molar-refractivity contribution in [2.75, 3.05) is 13.2 Å². The molecule has 16 heteroatoms. The Hall–Kier alpha value is -4.37. The van der Waals surface area contributed by atoms with Gasteiger partial charge in [-0.15, -0.1) is 0 Å². The number of hydrogen-bond acceptors (Lipinski definition) is 6. The number of fused-ring (bicyclic) bond motifs is 1. The number of alkyl halides is 3. The fraction of sp³-hybridized carbons (Fsp3) is 0.310. The molecule has 0 unspecified atom stereocenters. The molecule has 1 aliphatic rings. The van der Waals surface area contributed by atoms with E-state index in [4.69, 9.17) is 22.1 Å². The second kappa shape index (κ2) is 11.9. The quantitative estimate of drug-likeness (QED) is 0.161. The fourth-order valence-corrected chi connectivity index (χ4v) is 4.99. The van der Waals surface area contributed by atoms with Gasteiger partial charge >= 0.3 is 6.18 Å². The second-order valence-electron chi connectivity index (χ2n) is 10.4. The number of ether oxygens (including phenoxy) is 1. The Morgan fingerprint density at radius 3 is 2.42 bits per heavy atom. The maximum Gasteiger partial charge on any atom is 0.424 e. The van der Waals surface area contributed by atoms with Crippen molar-refractivity contribution in [3.63, 3.8) is 0 Å². The topological polar surface area (TPSA) is 132 Å². The van der Waals surface area contributed by atoms with E-state index in [0.29, 0.717) is 23.0 Å². The van der Waals surface area contributed by atoms with Gasteiger partial charge in [0.1, 0.15) is 22.8 Å². The van der Waals surface area contributed by atoms with Crippen molar-refractivity contribution in [2.45, 2.75) is 44.0 Å². The first-order valence-corrected chi connectivity index (χ1v) is 13.9. The number of primary amides is 1. The molecule has 0 radical (unpaired) electrons. The Morgan fingerprint density at radius 2 is 1.80 bits per heavy atom. The molecule has 1 atom stereocenters. The lowest BCUT2D eigenvalue weighted by molar-refractivity contribution is -0.265. The maximum atomic E-state index is 14.9. The number of aliphatic hydroxyl groups is 1. The molecule has 1 fully saturated rings. The summed E-state index contributed by atoms with van der Waals surface area (Å²) in [4.78, 5) is 28.7. The van der Waals surface area contributed by atoms with E-state index in [0.717, 1.165) is 12.8 Å². The van der Waals surface area contributed by atoms with Gasteiger partial charge in [-0.1, -0.05) is 11.6 Å². The first-order valence-electron chi connectivity index (χ1n) is 13.5. The molecule has 5 rings (SSSR count). The number of benzene rings is 2. The predicted molar refractivity (Wildman–Crippen MR) is 149 cm³/mol. The number of aromatic nitrogens is 3. The number of hydrogen-bond donors (Lipinski definition) is 3. The molecule has 4 aromatic rings. The van der Waals surface area contributed by atoms with E-state index in [1.54, 1.807) is 10.9 Å². The minimum Gasteiger partial charge on any atom is -0.491 e. The Bertz CT molecular complexity index is 1830. The molecule has 0 spiro atoms. The third-order valence-corrected chi connectivity index (χ3v) is 7.42. The van der Waals surface area contributed by atoms with E-state index >= 15 is 0 Å². The Labute approximate surface area is 255 Å². The molecular weight excluding hydrogens is 632 g/mol. The van der Waals surface area contributed by atoms with Crippen molar-refractivity contribution in [3.05, 3.63) is 75.8 Å². The average Bonchev–Trinajstić information content (AvgIpc) is 3.72. The molecule has 0 bridgehead atoms. The van der Waals surface area contributed by atoms with Crippen LogP contribution in [0.1, 0.15) is 47.4 Å². The van der Waals surface area contributed by atoms with E-state index in [9.17, 15) is 41.0 Å². The number of carbonyl (C=O) groups is 2. The van der Waals surface area contributed by atoms with Crippen LogP contribution in [0.3, 0.4) is 0 Å². The van der Waals surface area contributed by atoms with Crippen LogP contribution in [0.15, 0.2) is 36.5 Å². The number of nitrogens with two attached hydrogens (primary N) is 1. The molecule has 2 amide bonds. The van der Waals surface area contributed by atoms with Crippen LogP contribution in [-0.2, 0) is 16.8 Å².